The molecule has 1 amide bonds. The fourth-order valence-electron chi connectivity index (χ4n) is 2.78. The number of amides is 1. The van der Waals surface area contributed by atoms with E-state index >= 15 is 0 Å². The van der Waals surface area contributed by atoms with E-state index in [1.807, 2.05) is 30.3 Å². The number of carbonyl (C=O) groups is 2. The number of hydrogen-bond donors (Lipinski definition) is 1. The summed E-state index contributed by atoms with van der Waals surface area (Å²) in [5.74, 6) is -1.10. The average Bonchev–Trinajstić information content (AvgIpc) is 2.68. The summed E-state index contributed by atoms with van der Waals surface area (Å²) in [7, 11) is 1.65. The fraction of sp³-hybridized carbons (Fsp3) is 0.200. The molecule has 2 aromatic carbocycles. The summed E-state index contributed by atoms with van der Waals surface area (Å²) >= 11 is 0. The normalized spacial score (nSPS) is 11.8. The summed E-state index contributed by atoms with van der Waals surface area (Å²) in [6.07, 6.45) is -0.987. The number of fused-ring (bicyclic) bond motifs is 1. The first-order valence-corrected chi connectivity index (χ1v) is 8.44. The Bertz CT molecular complexity index is 1030. The number of carbonyl (C=O) groups excluding carboxylic acids is 2. The molecular weight excluding hydrogens is 346 g/mol. The Labute approximate surface area is 155 Å². The number of nitrogens with one attached hydrogen (secondary N) is 1. The minimum atomic E-state index is -0.987. The Morgan fingerprint density at radius 1 is 1.07 bits per heavy atom. The number of esters is 1. The Kier molecular flexibility index (Phi) is 5.30. The topological polar surface area (TPSA) is 92.4 Å². The lowest BCUT2D eigenvalue weighted by atomic mass is 10.1. The second-order valence-electron chi connectivity index (χ2n) is 6.17. The second-order valence-corrected chi connectivity index (χ2v) is 6.17. The number of H-pyrrole nitrogens is 1. The molecule has 0 saturated heterocycles. The van der Waals surface area contributed by atoms with Gasteiger partial charge >= 0.3 is 5.97 Å². The number of likely N-dealkylation sites (N-methyl/N-ethyl adjacent to an activating group) is 1. The molecule has 0 aliphatic heterocycles. The van der Waals surface area contributed by atoms with E-state index in [1.165, 1.54) is 11.8 Å². The molecule has 0 aliphatic carbocycles. The van der Waals surface area contributed by atoms with Gasteiger partial charge in [-0.25, -0.2) is 9.89 Å². The van der Waals surface area contributed by atoms with Crippen LogP contribution in [0.25, 0.3) is 10.8 Å². The van der Waals surface area contributed by atoms with Gasteiger partial charge in [-0.1, -0.05) is 48.5 Å². The van der Waals surface area contributed by atoms with Crippen molar-refractivity contribution in [2.24, 2.45) is 0 Å². The van der Waals surface area contributed by atoms with E-state index < -0.39 is 17.6 Å². The van der Waals surface area contributed by atoms with Crippen LogP contribution >= 0.6 is 0 Å². The van der Waals surface area contributed by atoms with E-state index in [1.54, 1.807) is 31.3 Å². The monoisotopic (exact) mass is 365 g/mol. The van der Waals surface area contributed by atoms with Gasteiger partial charge in [0.25, 0.3) is 11.5 Å². The van der Waals surface area contributed by atoms with Crippen LogP contribution in [0.4, 0.5) is 0 Å². The third kappa shape index (κ3) is 4.03. The third-order valence-electron chi connectivity index (χ3n) is 4.16. The van der Waals surface area contributed by atoms with E-state index in [2.05, 4.69) is 10.2 Å². The smallest absolute Gasteiger partial charge is 0.360 e. The van der Waals surface area contributed by atoms with Gasteiger partial charge in [0.05, 0.1) is 5.39 Å². The van der Waals surface area contributed by atoms with Crippen LogP contribution in [-0.4, -0.2) is 40.1 Å². The molecular formula is C20H19N3O4. The van der Waals surface area contributed by atoms with Gasteiger partial charge in [0.15, 0.2) is 11.8 Å². The molecule has 3 rings (SSSR count). The highest BCUT2D eigenvalue weighted by molar-refractivity contribution is 6.02. The molecule has 7 heteroatoms. The van der Waals surface area contributed by atoms with Crippen molar-refractivity contribution in [1.29, 1.82) is 0 Å². The minimum absolute atomic E-state index is 0.0319. The van der Waals surface area contributed by atoms with Gasteiger partial charge in [-0.3, -0.25) is 9.59 Å². The SMILES string of the molecule is CC(OC(=O)c1n[nH]c(=O)c2ccccc12)C(=O)N(C)Cc1ccccc1. The summed E-state index contributed by atoms with van der Waals surface area (Å²) in [6, 6.07) is 16.1. The maximum atomic E-state index is 12.5. The lowest BCUT2D eigenvalue weighted by Gasteiger charge is -2.21. The van der Waals surface area contributed by atoms with Crippen molar-refractivity contribution in [2.45, 2.75) is 19.6 Å². The molecule has 1 unspecified atom stereocenters. The number of benzene rings is 2. The molecule has 1 heterocycles. The summed E-state index contributed by atoms with van der Waals surface area (Å²) in [5.41, 5.74) is 0.546. The Balaban J connectivity index is 1.73. The van der Waals surface area contributed by atoms with Crippen molar-refractivity contribution in [2.75, 3.05) is 7.05 Å². The van der Waals surface area contributed by atoms with E-state index in [-0.39, 0.29) is 11.6 Å². The molecule has 7 nitrogen and oxygen atoms in total. The van der Waals surface area contributed by atoms with Crippen LogP contribution in [0.2, 0.25) is 0 Å². The zero-order chi connectivity index (χ0) is 19.4. The maximum Gasteiger partial charge on any atom is 0.360 e. The molecule has 27 heavy (non-hydrogen) atoms. The first kappa shape index (κ1) is 18.3. The standard InChI is InChI=1S/C20H19N3O4/c1-13(19(25)23(2)12-14-8-4-3-5-9-14)27-20(26)17-15-10-6-7-11-16(15)18(24)22-21-17/h3-11,13H,12H2,1-2H3,(H,22,24). The van der Waals surface area contributed by atoms with Crippen LogP contribution in [0, 0.1) is 0 Å². The Morgan fingerprint density at radius 2 is 1.70 bits per heavy atom. The van der Waals surface area contributed by atoms with Gasteiger partial charge in [-0.05, 0) is 18.6 Å². The highest BCUT2D eigenvalue weighted by atomic mass is 16.5. The van der Waals surface area contributed by atoms with Crippen molar-refractivity contribution in [3.63, 3.8) is 0 Å². The zero-order valence-electron chi connectivity index (χ0n) is 15.0. The lowest BCUT2D eigenvalue weighted by Crippen LogP contribution is -2.37. The summed E-state index contributed by atoms with van der Waals surface area (Å²) in [5, 5.41) is 6.79. The first-order chi connectivity index (χ1) is 13.0. The number of hydrogen-bond acceptors (Lipinski definition) is 5. The average molecular weight is 365 g/mol. The summed E-state index contributed by atoms with van der Waals surface area (Å²) in [4.78, 5) is 38.3. The van der Waals surface area contributed by atoms with Crippen LogP contribution in [0.3, 0.4) is 0 Å². The molecule has 3 aromatic rings. The fourth-order valence-corrected chi connectivity index (χ4v) is 2.78. The summed E-state index contributed by atoms with van der Waals surface area (Å²) in [6.45, 7) is 1.91. The molecule has 0 radical (unpaired) electrons. The van der Waals surface area contributed by atoms with Gasteiger partial charge in [-0.2, -0.15) is 5.10 Å². The Hall–Kier alpha value is -3.48. The van der Waals surface area contributed by atoms with Gasteiger partial charge < -0.3 is 9.64 Å². The van der Waals surface area contributed by atoms with E-state index in [4.69, 9.17) is 4.74 Å². The van der Waals surface area contributed by atoms with Gasteiger partial charge in [0.1, 0.15) is 0 Å². The van der Waals surface area contributed by atoms with Gasteiger partial charge in [-0.15, -0.1) is 0 Å². The van der Waals surface area contributed by atoms with Crippen LogP contribution in [-0.2, 0) is 16.1 Å². The van der Waals surface area contributed by atoms with Crippen LogP contribution < -0.4 is 5.56 Å². The molecule has 1 aromatic heterocycles. The van der Waals surface area contributed by atoms with Crippen molar-refractivity contribution >= 4 is 22.6 Å². The molecule has 0 bridgehead atoms. The third-order valence-corrected chi connectivity index (χ3v) is 4.16. The molecule has 0 aliphatic rings. The number of aromatic amines is 1. The summed E-state index contributed by atoms with van der Waals surface area (Å²) < 4.78 is 5.29. The van der Waals surface area contributed by atoms with Crippen molar-refractivity contribution in [1.82, 2.24) is 15.1 Å². The highest BCUT2D eigenvalue weighted by Gasteiger charge is 2.24. The molecule has 0 saturated carbocycles. The predicted octanol–water partition coefficient (Wildman–Crippen LogP) is 2.13. The first-order valence-electron chi connectivity index (χ1n) is 8.44. The Morgan fingerprint density at radius 3 is 2.41 bits per heavy atom. The van der Waals surface area contributed by atoms with E-state index in [0.29, 0.717) is 17.3 Å². The molecule has 1 atom stereocenters. The predicted molar refractivity (Wildman–Crippen MR) is 100 cm³/mol. The molecule has 0 fully saturated rings. The van der Waals surface area contributed by atoms with E-state index in [0.717, 1.165) is 5.56 Å². The van der Waals surface area contributed by atoms with Crippen LogP contribution in [0.5, 0.6) is 0 Å². The largest absolute Gasteiger partial charge is 0.448 e. The molecule has 0 spiro atoms. The highest BCUT2D eigenvalue weighted by Crippen LogP contribution is 2.14. The number of aromatic nitrogens is 2. The van der Waals surface area contributed by atoms with Crippen LogP contribution in [0.15, 0.2) is 59.4 Å². The molecule has 138 valence electrons. The number of nitrogens with zero attached hydrogens (tertiary/aromatic N) is 2. The maximum absolute atomic E-state index is 12.5. The van der Waals surface area contributed by atoms with Crippen molar-refractivity contribution in [3.05, 3.63) is 76.2 Å². The lowest BCUT2D eigenvalue weighted by molar-refractivity contribution is -0.139. The quantitative estimate of drug-likeness (QED) is 0.699. The second kappa shape index (κ2) is 7.82. The number of ether oxygens (including phenoxy) is 1. The van der Waals surface area contributed by atoms with Crippen LogP contribution in [0.1, 0.15) is 23.0 Å². The van der Waals surface area contributed by atoms with Crippen molar-refractivity contribution in [3.8, 4) is 0 Å². The van der Waals surface area contributed by atoms with Crippen molar-refractivity contribution < 1.29 is 14.3 Å². The minimum Gasteiger partial charge on any atom is -0.448 e. The van der Waals surface area contributed by atoms with E-state index in [9.17, 15) is 14.4 Å². The zero-order valence-corrected chi connectivity index (χ0v) is 15.0. The van der Waals surface area contributed by atoms with Gasteiger partial charge in [0.2, 0.25) is 0 Å². The number of rotatable bonds is 5. The molecule has 1 N–H and O–H groups in total. The van der Waals surface area contributed by atoms with Gasteiger partial charge in [0, 0.05) is 19.0 Å².